The van der Waals surface area contributed by atoms with E-state index in [9.17, 15) is 0 Å². The number of piperidine rings is 1. The van der Waals surface area contributed by atoms with Crippen LogP contribution >= 0.6 is 0 Å². The van der Waals surface area contributed by atoms with Gasteiger partial charge in [-0.05, 0) is 44.6 Å². The van der Waals surface area contributed by atoms with Crippen LogP contribution in [0.2, 0.25) is 0 Å². The lowest BCUT2D eigenvalue weighted by atomic mass is 9.85. The molecule has 0 aromatic rings. The summed E-state index contributed by atoms with van der Waals surface area (Å²) in [5.74, 6) is 0.798. The molecule has 1 saturated carbocycles. The number of ether oxygens (including phenoxy) is 2. The molecule has 4 aliphatic heterocycles. The minimum Gasteiger partial charge on any atom is -0.349 e. The molecule has 28 heavy (non-hydrogen) atoms. The van der Waals surface area contributed by atoms with Crippen molar-refractivity contribution in [1.29, 1.82) is 0 Å². The first-order valence-electron chi connectivity index (χ1n) is 11.7. The SMILES string of the molecule is C1CC(N2CCN(CC3CCC4OCOC4C3)CC2)CN(CC2CNCN2)C1. The molecule has 0 aromatic carbocycles. The van der Waals surface area contributed by atoms with Gasteiger partial charge in [-0.2, -0.15) is 0 Å². The summed E-state index contributed by atoms with van der Waals surface area (Å²) in [5, 5.41) is 6.99. The van der Waals surface area contributed by atoms with Crippen molar-refractivity contribution in [3.63, 3.8) is 0 Å². The van der Waals surface area contributed by atoms with Gasteiger partial charge in [-0.25, -0.2) is 0 Å². The summed E-state index contributed by atoms with van der Waals surface area (Å²) in [6.07, 6.45) is 7.21. The molecule has 2 N–H and O–H groups in total. The first-order valence-corrected chi connectivity index (χ1v) is 11.7. The van der Waals surface area contributed by atoms with Crippen LogP contribution in [-0.2, 0) is 9.47 Å². The zero-order valence-corrected chi connectivity index (χ0v) is 17.4. The molecule has 0 aromatic heterocycles. The van der Waals surface area contributed by atoms with Gasteiger partial charge in [-0.3, -0.25) is 10.2 Å². The van der Waals surface area contributed by atoms with Crippen molar-refractivity contribution in [2.75, 3.05) is 72.4 Å². The zero-order valence-electron chi connectivity index (χ0n) is 17.4. The molecule has 5 aliphatic rings. The molecule has 160 valence electrons. The highest BCUT2D eigenvalue weighted by Gasteiger charge is 2.37. The van der Waals surface area contributed by atoms with Gasteiger partial charge in [0, 0.05) is 71.1 Å². The van der Waals surface area contributed by atoms with Gasteiger partial charge in [-0.15, -0.1) is 0 Å². The third-order valence-corrected chi connectivity index (χ3v) is 7.71. The summed E-state index contributed by atoms with van der Waals surface area (Å²) in [6.45, 7) is 12.6. The van der Waals surface area contributed by atoms with E-state index < -0.39 is 0 Å². The lowest BCUT2D eigenvalue weighted by Crippen LogP contribution is -2.56. The summed E-state index contributed by atoms with van der Waals surface area (Å²) < 4.78 is 11.4. The third kappa shape index (κ3) is 4.72. The first kappa shape index (κ1) is 19.7. The molecule has 1 aliphatic carbocycles. The summed E-state index contributed by atoms with van der Waals surface area (Å²) in [5.41, 5.74) is 0. The van der Waals surface area contributed by atoms with Gasteiger partial charge in [-0.1, -0.05) is 0 Å². The van der Waals surface area contributed by atoms with Crippen LogP contribution in [0, 0.1) is 5.92 Å². The van der Waals surface area contributed by atoms with E-state index in [2.05, 4.69) is 25.3 Å². The topological polar surface area (TPSA) is 52.2 Å². The molecule has 5 unspecified atom stereocenters. The van der Waals surface area contributed by atoms with E-state index in [0.29, 0.717) is 25.0 Å². The molecule has 0 radical (unpaired) electrons. The first-order chi connectivity index (χ1) is 13.8. The Kier molecular flexibility index (Phi) is 6.50. The minimum absolute atomic E-state index is 0.373. The Morgan fingerprint density at radius 3 is 2.61 bits per heavy atom. The van der Waals surface area contributed by atoms with Gasteiger partial charge in [0.05, 0.1) is 12.2 Å². The van der Waals surface area contributed by atoms with E-state index in [4.69, 9.17) is 9.47 Å². The second-order valence-corrected chi connectivity index (χ2v) is 9.63. The molecule has 4 saturated heterocycles. The quantitative estimate of drug-likeness (QED) is 0.689. The number of likely N-dealkylation sites (tertiary alicyclic amines) is 1. The maximum absolute atomic E-state index is 5.77. The van der Waals surface area contributed by atoms with Gasteiger partial charge in [0.2, 0.25) is 0 Å². The normalized spacial score (nSPS) is 41.4. The van der Waals surface area contributed by atoms with Gasteiger partial charge in [0.1, 0.15) is 6.79 Å². The van der Waals surface area contributed by atoms with Crippen LogP contribution in [0.4, 0.5) is 0 Å². The second kappa shape index (κ2) is 9.25. The summed E-state index contributed by atoms with van der Waals surface area (Å²) in [7, 11) is 0. The summed E-state index contributed by atoms with van der Waals surface area (Å²) in [4.78, 5) is 8.20. The molecule has 0 amide bonds. The maximum atomic E-state index is 5.77. The van der Waals surface area contributed by atoms with Crippen LogP contribution in [0.25, 0.3) is 0 Å². The predicted molar refractivity (Wildman–Crippen MR) is 109 cm³/mol. The van der Waals surface area contributed by atoms with Crippen LogP contribution in [0.15, 0.2) is 0 Å². The van der Waals surface area contributed by atoms with Gasteiger partial charge >= 0.3 is 0 Å². The summed E-state index contributed by atoms with van der Waals surface area (Å²) in [6, 6.07) is 1.41. The largest absolute Gasteiger partial charge is 0.349 e. The van der Waals surface area contributed by atoms with Crippen molar-refractivity contribution in [2.45, 2.75) is 56.4 Å². The Balaban J connectivity index is 1.04. The monoisotopic (exact) mass is 393 g/mol. The van der Waals surface area contributed by atoms with E-state index in [0.717, 1.165) is 25.2 Å². The molecule has 7 nitrogen and oxygen atoms in total. The van der Waals surface area contributed by atoms with Crippen molar-refractivity contribution in [2.24, 2.45) is 5.92 Å². The van der Waals surface area contributed by atoms with E-state index in [1.807, 2.05) is 0 Å². The van der Waals surface area contributed by atoms with Crippen LogP contribution in [-0.4, -0.2) is 111 Å². The number of fused-ring (bicyclic) bond motifs is 1. The third-order valence-electron chi connectivity index (χ3n) is 7.71. The molecule has 0 bridgehead atoms. The smallest absolute Gasteiger partial charge is 0.147 e. The number of rotatable bonds is 5. The van der Waals surface area contributed by atoms with Crippen molar-refractivity contribution in [3.8, 4) is 0 Å². The summed E-state index contributed by atoms with van der Waals surface area (Å²) >= 11 is 0. The van der Waals surface area contributed by atoms with Crippen LogP contribution < -0.4 is 10.6 Å². The highest BCUT2D eigenvalue weighted by atomic mass is 16.7. The molecular formula is C21H39N5O2. The van der Waals surface area contributed by atoms with Gasteiger partial charge in [0.15, 0.2) is 0 Å². The van der Waals surface area contributed by atoms with E-state index >= 15 is 0 Å². The zero-order chi connectivity index (χ0) is 18.8. The fourth-order valence-electron chi connectivity index (χ4n) is 6.08. The lowest BCUT2D eigenvalue weighted by Gasteiger charge is -2.44. The Hall–Kier alpha value is -0.280. The van der Waals surface area contributed by atoms with E-state index in [1.165, 1.54) is 84.5 Å². The molecule has 4 heterocycles. The second-order valence-electron chi connectivity index (χ2n) is 9.63. The molecule has 5 rings (SSSR count). The molecule has 5 fully saturated rings. The number of hydrogen-bond acceptors (Lipinski definition) is 7. The Morgan fingerprint density at radius 2 is 1.75 bits per heavy atom. The molecule has 0 spiro atoms. The molecule has 5 atom stereocenters. The lowest BCUT2D eigenvalue weighted by molar-refractivity contribution is 0.0277. The van der Waals surface area contributed by atoms with Gasteiger partial charge in [0.25, 0.3) is 0 Å². The van der Waals surface area contributed by atoms with Crippen molar-refractivity contribution in [3.05, 3.63) is 0 Å². The average molecular weight is 394 g/mol. The van der Waals surface area contributed by atoms with Gasteiger partial charge < -0.3 is 24.6 Å². The number of piperazine rings is 1. The van der Waals surface area contributed by atoms with E-state index in [1.54, 1.807) is 0 Å². The van der Waals surface area contributed by atoms with Crippen molar-refractivity contribution < 1.29 is 9.47 Å². The number of nitrogens with zero attached hydrogens (tertiary/aromatic N) is 3. The average Bonchev–Trinajstić information content (AvgIpc) is 3.40. The highest BCUT2D eigenvalue weighted by Crippen LogP contribution is 2.32. The Morgan fingerprint density at radius 1 is 0.857 bits per heavy atom. The fraction of sp³-hybridized carbons (Fsp3) is 1.00. The standard InChI is InChI=1S/C21H39N5O2/c1-2-19(14-25(5-1)13-18-11-22-15-23-18)26-8-6-24(7-9-26)12-17-3-4-20-21(10-17)28-16-27-20/h17-23H,1-16H2. The Bertz CT molecular complexity index is 495. The van der Waals surface area contributed by atoms with Crippen LogP contribution in [0.5, 0.6) is 0 Å². The minimum atomic E-state index is 0.373. The van der Waals surface area contributed by atoms with Crippen LogP contribution in [0.1, 0.15) is 32.1 Å². The van der Waals surface area contributed by atoms with Crippen molar-refractivity contribution in [1.82, 2.24) is 25.3 Å². The molecular weight excluding hydrogens is 354 g/mol. The predicted octanol–water partition coefficient (Wildman–Crippen LogP) is 0.129. The number of nitrogens with one attached hydrogen (secondary N) is 2. The fourth-order valence-corrected chi connectivity index (χ4v) is 6.08. The number of hydrogen-bond donors (Lipinski definition) is 2. The van der Waals surface area contributed by atoms with E-state index in [-0.39, 0.29) is 0 Å². The maximum Gasteiger partial charge on any atom is 0.147 e. The molecule has 7 heteroatoms. The Labute approximate surface area is 170 Å². The highest BCUT2D eigenvalue weighted by molar-refractivity contribution is 4.89. The van der Waals surface area contributed by atoms with Crippen molar-refractivity contribution >= 4 is 0 Å². The van der Waals surface area contributed by atoms with Crippen LogP contribution in [0.3, 0.4) is 0 Å².